The van der Waals surface area contributed by atoms with Crippen molar-refractivity contribution in [3.8, 4) is 0 Å². The van der Waals surface area contributed by atoms with Crippen LogP contribution in [0.4, 0.5) is 14.5 Å². The van der Waals surface area contributed by atoms with E-state index in [2.05, 4.69) is 5.32 Å². The zero-order valence-electron chi connectivity index (χ0n) is 8.92. The Labute approximate surface area is 93.3 Å². The summed E-state index contributed by atoms with van der Waals surface area (Å²) in [5.41, 5.74) is 5.35. The Bertz CT molecular complexity index is 328. The summed E-state index contributed by atoms with van der Waals surface area (Å²) in [6.07, 6.45) is 2.03. The van der Waals surface area contributed by atoms with Gasteiger partial charge in [-0.25, -0.2) is 8.78 Å². The van der Waals surface area contributed by atoms with Gasteiger partial charge in [-0.15, -0.1) is 0 Å². The smallest absolute Gasteiger partial charge is 0.160 e. The van der Waals surface area contributed by atoms with Crippen molar-refractivity contribution in [2.24, 2.45) is 0 Å². The Morgan fingerprint density at radius 3 is 2.44 bits per heavy atom. The summed E-state index contributed by atoms with van der Waals surface area (Å²) in [4.78, 5) is 0. The van der Waals surface area contributed by atoms with Crippen LogP contribution in [-0.4, -0.2) is 24.3 Å². The summed E-state index contributed by atoms with van der Waals surface area (Å²) in [5.74, 6) is -1.78. The number of nitrogen functional groups attached to an aromatic ring is 1. The Morgan fingerprint density at radius 2 is 2.06 bits per heavy atom. The number of anilines is 1. The number of halogens is 2. The fourth-order valence-electron chi connectivity index (χ4n) is 1.35. The molecule has 3 nitrogen and oxygen atoms in total. The normalized spacial score (nSPS) is 19.8. The maximum Gasteiger partial charge on any atom is 0.160 e. The minimum absolute atomic E-state index is 0.0752. The Morgan fingerprint density at radius 1 is 1.31 bits per heavy atom. The summed E-state index contributed by atoms with van der Waals surface area (Å²) in [6, 6.07) is 3.23. The highest BCUT2D eigenvalue weighted by Gasteiger charge is 2.06. The van der Waals surface area contributed by atoms with Crippen LogP contribution in [0.2, 0.25) is 0 Å². The first-order valence-corrected chi connectivity index (χ1v) is 5.19. The second kappa shape index (κ2) is 6.40. The van der Waals surface area contributed by atoms with Gasteiger partial charge in [-0.2, -0.15) is 0 Å². The predicted octanol–water partition coefficient (Wildman–Crippen LogP) is 1.28. The standard InChI is InChI=1S/C6H5F2N.C5H11NO/c7-5-2-1-4(9)3-6(5)8;7-5-2-1-3-6-4-5/h1-3H,9H2;5-7H,1-4H2. The van der Waals surface area contributed by atoms with E-state index in [1.807, 2.05) is 0 Å². The van der Waals surface area contributed by atoms with E-state index in [1.165, 1.54) is 6.07 Å². The van der Waals surface area contributed by atoms with E-state index in [0.717, 1.165) is 38.1 Å². The van der Waals surface area contributed by atoms with E-state index in [9.17, 15) is 8.78 Å². The molecule has 0 spiro atoms. The molecule has 90 valence electrons. The fourth-order valence-corrected chi connectivity index (χ4v) is 1.35. The highest BCUT2D eigenvalue weighted by atomic mass is 19.2. The summed E-state index contributed by atoms with van der Waals surface area (Å²) in [6.45, 7) is 1.87. The molecule has 0 amide bonds. The van der Waals surface area contributed by atoms with Gasteiger partial charge in [-0.1, -0.05) is 0 Å². The molecule has 0 saturated carbocycles. The van der Waals surface area contributed by atoms with E-state index in [0.29, 0.717) is 0 Å². The topological polar surface area (TPSA) is 58.3 Å². The molecule has 1 saturated heterocycles. The van der Waals surface area contributed by atoms with Gasteiger partial charge in [0.2, 0.25) is 0 Å². The lowest BCUT2D eigenvalue weighted by Crippen LogP contribution is -2.33. The highest BCUT2D eigenvalue weighted by Crippen LogP contribution is 2.08. The van der Waals surface area contributed by atoms with Gasteiger partial charge in [-0.3, -0.25) is 0 Å². The van der Waals surface area contributed by atoms with Gasteiger partial charge >= 0.3 is 0 Å². The van der Waals surface area contributed by atoms with Crippen molar-refractivity contribution in [3.05, 3.63) is 29.8 Å². The van der Waals surface area contributed by atoms with Crippen molar-refractivity contribution in [1.29, 1.82) is 0 Å². The predicted molar refractivity (Wildman–Crippen MR) is 58.9 cm³/mol. The molecule has 2 rings (SSSR count). The Balaban J connectivity index is 0.000000165. The number of aliphatic hydroxyl groups is 1. The van der Waals surface area contributed by atoms with Crippen LogP contribution < -0.4 is 11.1 Å². The molecule has 1 heterocycles. The number of nitrogens with two attached hydrogens (primary N) is 1. The zero-order valence-corrected chi connectivity index (χ0v) is 8.92. The Hall–Kier alpha value is -1.20. The van der Waals surface area contributed by atoms with Crippen molar-refractivity contribution in [3.63, 3.8) is 0 Å². The number of benzene rings is 1. The molecule has 1 fully saturated rings. The van der Waals surface area contributed by atoms with Crippen LogP contribution in [-0.2, 0) is 0 Å². The first-order chi connectivity index (χ1) is 7.59. The van der Waals surface area contributed by atoms with Gasteiger partial charge in [-0.05, 0) is 37.6 Å². The molecule has 5 heteroatoms. The summed E-state index contributed by atoms with van der Waals surface area (Å²) in [7, 11) is 0. The van der Waals surface area contributed by atoms with Gasteiger partial charge in [0.05, 0.1) is 6.10 Å². The third-order valence-corrected chi connectivity index (χ3v) is 2.21. The summed E-state index contributed by atoms with van der Waals surface area (Å²) >= 11 is 0. The number of nitrogens with one attached hydrogen (secondary N) is 1. The molecule has 4 N–H and O–H groups in total. The van der Waals surface area contributed by atoms with Crippen LogP contribution in [0.1, 0.15) is 12.8 Å². The molecule has 1 aromatic rings. The third kappa shape index (κ3) is 4.55. The van der Waals surface area contributed by atoms with Crippen LogP contribution >= 0.6 is 0 Å². The van der Waals surface area contributed by atoms with Crippen molar-refractivity contribution < 1.29 is 13.9 Å². The van der Waals surface area contributed by atoms with Gasteiger partial charge in [0.25, 0.3) is 0 Å². The van der Waals surface area contributed by atoms with E-state index < -0.39 is 11.6 Å². The van der Waals surface area contributed by atoms with E-state index in [-0.39, 0.29) is 11.8 Å². The lowest BCUT2D eigenvalue weighted by Gasteiger charge is -2.16. The van der Waals surface area contributed by atoms with Crippen molar-refractivity contribution in [2.45, 2.75) is 18.9 Å². The number of hydrogen-bond donors (Lipinski definition) is 3. The van der Waals surface area contributed by atoms with Crippen LogP contribution in [0.5, 0.6) is 0 Å². The molecular formula is C11H16F2N2O. The van der Waals surface area contributed by atoms with Crippen LogP contribution in [0, 0.1) is 11.6 Å². The third-order valence-electron chi connectivity index (χ3n) is 2.21. The van der Waals surface area contributed by atoms with Crippen LogP contribution in [0.25, 0.3) is 0 Å². The number of piperidine rings is 1. The lowest BCUT2D eigenvalue weighted by atomic mass is 10.1. The van der Waals surface area contributed by atoms with Gasteiger partial charge in [0.1, 0.15) is 0 Å². The van der Waals surface area contributed by atoms with Gasteiger partial charge in [0.15, 0.2) is 11.6 Å². The molecule has 1 aromatic carbocycles. The van der Waals surface area contributed by atoms with E-state index in [4.69, 9.17) is 10.8 Å². The van der Waals surface area contributed by atoms with Gasteiger partial charge in [0, 0.05) is 12.2 Å². The highest BCUT2D eigenvalue weighted by molar-refractivity contribution is 5.37. The SMILES string of the molecule is Nc1ccc(F)c(F)c1.OC1CCCNC1. The van der Waals surface area contributed by atoms with E-state index >= 15 is 0 Å². The molecule has 0 bridgehead atoms. The monoisotopic (exact) mass is 230 g/mol. The molecule has 1 aliphatic heterocycles. The molecule has 1 unspecified atom stereocenters. The number of β-amino-alcohol motifs (C(OH)–C–C–N with tert-alkyl or cyclic N) is 1. The molecular weight excluding hydrogens is 214 g/mol. The molecule has 16 heavy (non-hydrogen) atoms. The number of aliphatic hydroxyl groups excluding tert-OH is 1. The minimum atomic E-state index is -0.907. The molecule has 1 atom stereocenters. The maximum atomic E-state index is 12.1. The average Bonchev–Trinajstić information content (AvgIpc) is 2.26. The van der Waals surface area contributed by atoms with Gasteiger partial charge < -0.3 is 16.2 Å². The quantitative estimate of drug-likeness (QED) is 0.588. The average molecular weight is 230 g/mol. The fraction of sp³-hybridized carbons (Fsp3) is 0.455. The van der Waals surface area contributed by atoms with Crippen LogP contribution in [0.3, 0.4) is 0 Å². The number of rotatable bonds is 0. The Kier molecular flexibility index (Phi) is 5.14. The van der Waals surface area contributed by atoms with Crippen molar-refractivity contribution >= 4 is 5.69 Å². The first kappa shape index (κ1) is 12.9. The maximum absolute atomic E-state index is 12.1. The first-order valence-electron chi connectivity index (χ1n) is 5.19. The van der Waals surface area contributed by atoms with E-state index in [1.54, 1.807) is 0 Å². The zero-order chi connectivity index (χ0) is 12.0. The molecule has 0 aromatic heterocycles. The lowest BCUT2D eigenvalue weighted by molar-refractivity contribution is 0.142. The van der Waals surface area contributed by atoms with Crippen molar-refractivity contribution in [1.82, 2.24) is 5.32 Å². The minimum Gasteiger partial charge on any atom is -0.399 e. The van der Waals surface area contributed by atoms with Crippen molar-refractivity contribution in [2.75, 3.05) is 18.8 Å². The second-order valence-corrected chi connectivity index (χ2v) is 3.67. The summed E-state index contributed by atoms with van der Waals surface area (Å²) in [5, 5.41) is 11.9. The second-order valence-electron chi connectivity index (χ2n) is 3.67. The number of hydrogen-bond acceptors (Lipinski definition) is 3. The van der Waals surface area contributed by atoms with Crippen LogP contribution in [0.15, 0.2) is 18.2 Å². The molecule has 0 aliphatic carbocycles. The summed E-state index contributed by atoms with van der Waals surface area (Å²) < 4.78 is 24.2. The molecule has 1 aliphatic rings. The largest absolute Gasteiger partial charge is 0.399 e. The molecule has 0 radical (unpaired) electrons.